The molecule has 144 valence electrons. The van der Waals surface area contributed by atoms with Crippen LogP contribution in [0, 0.1) is 13.8 Å². The average molecular weight is 405 g/mol. The number of hydrogen-bond donors (Lipinski definition) is 2. The smallest absolute Gasteiger partial charge is 0.240 e. The maximum absolute atomic E-state index is 11.7. The molecule has 0 saturated carbocycles. The first-order valence-corrected chi connectivity index (χ1v) is 10.5. The van der Waals surface area contributed by atoms with Gasteiger partial charge in [0.25, 0.3) is 0 Å². The van der Waals surface area contributed by atoms with E-state index in [1.807, 2.05) is 36.7 Å². The van der Waals surface area contributed by atoms with Crippen molar-refractivity contribution in [1.82, 2.24) is 10.9 Å². The Kier molecular flexibility index (Phi) is 8.86. The lowest BCUT2D eigenvalue weighted by Gasteiger charge is -2.01. The summed E-state index contributed by atoms with van der Waals surface area (Å²) in [5.41, 5.74) is 7.36. The molecule has 0 spiro atoms. The average Bonchev–Trinajstić information content (AvgIpc) is 3.23. The Morgan fingerprint density at radius 1 is 0.852 bits per heavy atom. The molecule has 2 rings (SSSR count). The Morgan fingerprint density at radius 2 is 1.30 bits per heavy atom. The van der Waals surface area contributed by atoms with Crippen molar-refractivity contribution in [2.24, 2.45) is 10.2 Å². The van der Waals surface area contributed by atoms with Gasteiger partial charge < -0.3 is 0 Å². The van der Waals surface area contributed by atoms with E-state index in [9.17, 15) is 9.59 Å². The van der Waals surface area contributed by atoms with E-state index >= 15 is 0 Å². The van der Waals surface area contributed by atoms with E-state index in [1.54, 1.807) is 35.1 Å². The number of aryl methyl sites for hydroxylation is 2. The van der Waals surface area contributed by atoms with Crippen LogP contribution in [0.5, 0.6) is 0 Å². The second kappa shape index (κ2) is 11.4. The van der Waals surface area contributed by atoms with Crippen molar-refractivity contribution in [2.45, 2.75) is 46.0 Å². The SMILES string of the molecule is Cc1ccsc1C=NNC(=O)CCCCCC(=O)NN=Cc1sccc1C. The maximum atomic E-state index is 11.7. The Morgan fingerprint density at radius 3 is 1.67 bits per heavy atom. The first-order chi connectivity index (χ1) is 13.1. The fourth-order valence-corrected chi connectivity index (χ4v) is 3.79. The predicted molar refractivity (Wildman–Crippen MR) is 113 cm³/mol. The van der Waals surface area contributed by atoms with Crippen molar-refractivity contribution in [2.75, 3.05) is 0 Å². The second-order valence-corrected chi connectivity index (χ2v) is 7.98. The number of hydrazone groups is 2. The molecule has 0 fully saturated rings. The summed E-state index contributed by atoms with van der Waals surface area (Å²) in [5.74, 6) is -0.221. The standard InChI is InChI=1S/C19H24N4O2S2/c1-14-8-10-26-16(14)12-20-22-18(24)6-4-3-5-7-19(25)23-21-13-17-15(2)9-11-27-17/h8-13H,3-7H2,1-2H3,(H,22,24)(H,23,25). The van der Waals surface area contributed by atoms with Crippen LogP contribution in [0.2, 0.25) is 0 Å². The molecular weight excluding hydrogens is 380 g/mol. The summed E-state index contributed by atoms with van der Waals surface area (Å²) in [6.07, 6.45) is 6.40. The molecule has 0 aliphatic rings. The molecule has 0 aliphatic heterocycles. The van der Waals surface area contributed by atoms with Crippen LogP contribution in [0.25, 0.3) is 0 Å². The topological polar surface area (TPSA) is 82.9 Å². The molecule has 27 heavy (non-hydrogen) atoms. The van der Waals surface area contributed by atoms with E-state index in [0.717, 1.165) is 40.1 Å². The summed E-state index contributed by atoms with van der Waals surface area (Å²) in [4.78, 5) is 25.5. The minimum absolute atomic E-state index is 0.110. The van der Waals surface area contributed by atoms with Crippen molar-refractivity contribution in [3.63, 3.8) is 0 Å². The zero-order chi connectivity index (χ0) is 19.5. The summed E-state index contributed by atoms with van der Waals surface area (Å²) in [6.45, 7) is 4.01. The van der Waals surface area contributed by atoms with Crippen LogP contribution >= 0.6 is 22.7 Å². The molecule has 0 bridgehead atoms. The molecule has 0 aromatic carbocycles. The number of carbonyl (C=O) groups is 2. The Bertz CT molecular complexity index is 742. The summed E-state index contributed by atoms with van der Waals surface area (Å²) in [6, 6.07) is 4.02. The van der Waals surface area contributed by atoms with Crippen molar-refractivity contribution in [3.05, 3.63) is 43.8 Å². The van der Waals surface area contributed by atoms with Gasteiger partial charge >= 0.3 is 0 Å². The molecule has 0 atom stereocenters. The molecule has 2 N–H and O–H groups in total. The lowest BCUT2D eigenvalue weighted by molar-refractivity contribution is -0.121. The number of carbonyl (C=O) groups excluding carboxylic acids is 2. The summed E-state index contributed by atoms with van der Waals surface area (Å²) in [5, 5.41) is 11.9. The highest BCUT2D eigenvalue weighted by molar-refractivity contribution is 7.12. The highest BCUT2D eigenvalue weighted by atomic mass is 32.1. The van der Waals surface area contributed by atoms with Gasteiger partial charge in [0.05, 0.1) is 12.4 Å². The van der Waals surface area contributed by atoms with Crippen LogP contribution in [0.4, 0.5) is 0 Å². The van der Waals surface area contributed by atoms with Crippen LogP contribution in [0.3, 0.4) is 0 Å². The lowest BCUT2D eigenvalue weighted by Crippen LogP contribution is -2.18. The van der Waals surface area contributed by atoms with Gasteiger partial charge in [-0.15, -0.1) is 22.7 Å². The van der Waals surface area contributed by atoms with E-state index in [-0.39, 0.29) is 11.8 Å². The summed E-state index contributed by atoms with van der Waals surface area (Å²) in [7, 11) is 0. The van der Waals surface area contributed by atoms with E-state index in [1.165, 1.54) is 0 Å². The maximum Gasteiger partial charge on any atom is 0.240 e. The van der Waals surface area contributed by atoms with Gasteiger partial charge in [-0.3, -0.25) is 9.59 Å². The minimum Gasteiger partial charge on any atom is -0.273 e. The zero-order valence-electron chi connectivity index (χ0n) is 15.5. The molecule has 2 heterocycles. The Labute approximate surface area is 167 Å². The molecule has 2 aromatic heterocycles. The van der Waals surface area contributed by atoms with Crippen LogP contribution in [-0.2, 0) is 9.59 Å². The molecule has 0 unspecified atom stereocenters. The highest BCUT2D eigenvalue weighted by Gasteiger charge is 2.03. The van der Waals surface area contributed by atoms with Gasteiger partial charge in [0.2, 0.25) is 11.8 Å². The van der Waals surface area contributed by atoms with E-state index < -0.39 is 0 Å². The molecule has 8 heteroatoms. The van der Waals surface area contributed by atoms with Crippen LogP contribution in [0.15, 0.2) is 33.1 Å². The quantitative estimate of drug-likeness (QED) is 0.357. The Balaban J connectivity index is 1.52. The number of nitrogens with zero attached hydrogens (tertiary/aromatic N) is 2. The van der Waals surface area contributed by atoms with Crippen LogP contribution in [-0.4, -0.2) is 24.2 Å². The highest BCUT2D eigenvalue weighted by Crippen LogP contribution is 2.13. The molecule has 0 aliphatic carbocycles. The zero-order valence-corrected chi connectivity index (χ0v) is 17.2. The van der Waals surface area contributed by atoms with Gasteiger partial charge in [-0.2, -0.15) is 10.2 Å². The second-order valence-electron chi connectivity index (χ2n) is 6.08. The van der Waals surface area contributed by atoms with Gasteiger partial charge in [0.15, 0.2) is 0 Å². The Hall–Kier alpha value is -2.32. The first kappa shape index (κ1) is 21.0. The minimum atomic E-state index is -0.110. The summed E-state index contributed by atoms with van der Waals surface area (Å²) < 4.78 is 0. The van der Waals surface area contributed by atoms with Gasteiger partial charge in [0, 0.05) is 22.6 Å². The monoisotopic (exact) mass is 404 g/mol. The van der Waals surface area contributed by atoms with Gasteiger partial charge in [-0.25, -0.2) is 10.9 Å². The van der Waals surface area contributed by atoms with E-state index in [2.05, 4.69) is 21.1 Å². The van der Waals surface area contributed by atoms with Crippen molar-refractivity contribution < 1.29 is 9.59 Å². The molecule has 2 amide bonds. The van der Waals surface area contributed by atoms with Gasteiger partial charge in [-0.05, 0) is 60.7 Å². The van der Waals surface area contributed by atoms with Crippen molar-refractivity contribution in [1.29, 1.82) is 0 Å². The molecule has 0 saturated heterocycles. The van der Waals surface area contributed by atoms with Crippen molar-refractivity contribution in [3.8, 4) is 0 Å². The third-order valence-electron chi connectivity index (χ3n) is 3.85. The normalized spacial score (nSPS) is 11.3. The molecule has 2 aromatic rings. The number of thiophene rings is 2. The fraction of sp³-hybridized carbons (Fsp3) is 0.368. The van der Waals surface area contributed by atoms with Crippen molar-refractivity contribution >= 4 is 46.9 Å². The van der Waals surface area contributed by atoms with Crippen LogP contribution in [0.1, 0.15) is 53.0 Å². The van der Waals surface area contributed by atoms with Gasteiger partial charge in [0.1, 0.15) is 0 Å². The van der Waals surface area contributed by atoms with Crippen LogP contribution < -0.4 is 10.9 Å². The number of unbranched alkanes of at least 4 members (excludes halogenated alkanes) is 2. The number of hydrogen-bond acceptors (Lipinski definition) is 6. The first-order valence-electron chi connectivity index (χ1n) is 8.78. The molecule has 6 nitrogen and oxygen atoms in total. The third-order valence-corrected chi connectivity index (χ3v) is 5.76. The van der Waals surface area contributed by atoms with E-state index in [4.69, 9.17) is 0 Å². The molecule has 0 radical (unpaired) electrons. The largest absolute Gasteiger partial charge is 0.273 e. The third kappa shape index (κ3) is 7.84. The fourth-order valence-electron chi connectivity index (χ4n) is 2.22. The lowest BCUT2D eigenvalue weighted by atomic mass is 10.1. The predicted octanol–water partition coefficient (Wildman–Crippen LogP) is 3.98. The number of nitrogens with one attached hydrogen (secondary N) is 2. The van der Waals surface area contributed by atoms with Gasteiger partial charge in [-0.1, -0.05) is 6.42 Å². The molecular formula is C19H24N4O2S2. The van der Waals surface area contributed by atoms with E-state index in [0.29, 0.717) is 12.8 Å². The number of rotatable bonds is 10. The number of amides is 2. The summed E-state index contributed by atoms with van der Waals surface area (Å²) >= 11 is 3.17.